The Kier molecular flexibility index (Phi) is 5.32. The van der Waals surface area contributed by atoms with Crippen molar-refractivity contribution in [2.24, 2.45) is 0 Å². The Bertz CT molecular complexity index is 602. The van der Waals surface area contributed by atoms with E-state index in [1.165, 1.54) is 18.5 Å². The molecule has 1 aliphatic rings. The quantitative estimate of drug-likeness (QED) is 0.772. The van der Waals surface area contributed by atoms with Gasteiger partial charge in [0.1, 0.15) is 5.76 Å². The van der Waals surface area contributed by atoms with Crippen LogP contribution in [0.3, 0.4) is 0 Å². The Hall–Kier alpha value is -2.27. The van der Waals surface area contributed by atoms with Gasteiger partial charge in [-0.3, -0.25) is 4.79 Å². The maximum Gasteiger partial charge on any atom is 0.225 e. The number of carbonyl (C=O) groups is 1. The van der Waals surface area contributed by atoms with E-state index in [2.05, 4.69) is 27.7 Å². The Labute approximate surface area is 136 Å². The molecule has 1 aromatic carbocycles. The minimum atomic E-state index is 0.0193. The summed E-state index contributed by atoms with van der Waals surface area (Å²) >= 11 is 0. The number of amides is 1. The van der Waals surface area contributed by atoms with Crippen molar-refractivity contribution < 1.29 is 9.21 Å². The van der Waals surface area contributed by atoms with Crippen molar-refractivity contribution in [3.8, 4) is 0 Å². The molecule has 2 heterocycles. The molecular formula is C18H23N3O2. The number of hydrogen-bond acceptors (Lipinski definition) is 4. The molecule has 122 valence electrons. The molecule has 0 radical (unpaired) electrons. The molecule has 1 fully saturated rings. The summed E-state index contributed by atoms with van der Waals surface area (Å²) in [4.78, 5) is 14.3. The molecule has 1 aromatic heterocycles. The normalized spacial score (nSPS) is 14.2. The summed E-state index contributed by atoms with van der Waals surface area (Å²) in [5.74, 6) is 0.897. The zero-order valence-electron chi connectivity index (χ0n) is 13.3. The van der Waals surface area contributed by atoms with Gasteiger partial charge in [0.2, 0.25) is 5.91 Å². The standard InChI is InChI=1S/C18H23N3O2/c22-18(9-10-19-14-17-4-3-13-23-17)20-15-5-7-16(8-6-15)21-11-1-2-12-21/h3-8,13,19H,1-2,9-12,14H2,(H,20,22). The third-order valence-electron chi connectivity index (χ3n) is 4.03. The van der Waals surface area contributed by atoms with E-state index < -0.39 is 0 Å². The first kappa shape index (κ1) is 15.6. The molecular weight excluding hydrogens is 290 g/mol. The molecule has 0 saturated carbocycles. The summed E-state index contributed by atoms with van der Waals surface area (Å²) in [6.07, 6.45) is 4.62. The van der Waals surface area contributed by atoms with Gasteiger partial charge in [-0.05, 0) is 49.2 Å². The number of anilines is 2. The number of furan rings is 1. The summed E-state index contributed by atoms with van der Waals surface area (Å²) in [6.45, 7) is 3.53. The zero-order chi connectivity index (χ0) is 15.9. The van der Waals surface area contributed by atoms with Gasteiger partial charge in [0.15, 0.2) is 0 Å². The molecule has 0 bridgehead atoms. The molecule has 0 spiro atoms. The van der Waals surface area contributed by atoms with Crippen LogP contribution in [0.25, 0.3) is 0 Å². The first-order valence-electron chi connectivity index (χ1n) is 8.19. The number of hydrogen-bond donors (Lipinski definition) is 2. The Morgan fingerprint density at radius 2 is 1.91 bits per heavy atom. The molecule has 0 aliphatic carbocycles. The topological polar surface area (TPSA) is 57.5 Å². The van der Waals surface area contributed by atoms with E-state index in [4.69, 9.17) is 4.42 Å². The molecule has 23 heavy (non-hydrogen) atoms. The number of carbonyl (C=O) groups excluding carboxylic acids is 1. The number of nitrogens with one attached hydrogen (secondary N) is 2. The van der Waals surface area contributed by atoms with Crippen LogP contribution in [0.1, 0.15) is 25.0 Å². The van der Waals surface area contributed by atoms with Gasteiger partial charge in [-0.2, -0.15) is 0 Å². The summed E-state index contributed by atoms with van der Waals surface area (Å²) in [5, 5.41) is 6.12. The van der Waals surface area contributed by atoms with Gasteiger partial charge in [-0.15, -0.1) is 0 Å². The van der Waals surface area contributed by atoms with Crippen molar-refractivity contribution in [3.63, 3.8) is 0 Å². The molecule has 5 heteroatoms. The highest BCUT2D eigenvalue weighted by molar-refractivity contribution is 5.91. The van der Waals surface area contributed by atoms with Gasteiger partial charge >= 0.3 is 0 Å². The van der Waals surface area contributed by atoms with Crippen LogP contribution in [0.4, 0.5) is 11.4 Å². The second kappa shape index (κ2) is 7.83. The molecule has 0 unspecified atom stereocenters. The Morgan fingerprint density at radius 1 is 1.13 bits per heavy atom. The minimum Gasteiger partial charge on any atom is -0.468 e. The van der Waals surface area contributed by atoms with Crippen LogP contribution in [0.15, 0.2) is 47.1 Å². The maximum atomic E-state index is 11.9. The van der Waals surface area contributed by atoms with Crippen molar-refractivity contribution in [1.82, 2.24) is 5.32 Å². The summed E-state index contributed by atoms with van der Waals surface area (Å²) < 4.78 is 5.22. The fraction of sp³-hybridized carbons (Fsp3) is 0.389. The van der Waals surface area contributed by atoms with Gasteiger partial charge in [-0.25, -0.2) is 0 Å². The van der Waals surface area contributed by atoms with Crippen molar-refractivity contribution in [2.45, 2.75) is 25.8 Å². The third-order valence-corrected chi connectivity index (χ3v) is 4.03. The fourth-order valence-corrected chi connectivity index (χ4v) is 2.78. The maximum absolute atomic E-state index is 11.9. The number of rotatable bonds is 7. The lowest BCUT2D eigenvalue weighted by atomic mass is 10.2. The summed E-state index contributed by atoms with van der Waals surface area (Å²) in [6, 6.07) is 11.9. The van der Waals surface area contributed by atoms with E-state index in [1.807, 2.05) is 24.3 Å². The average Bonchev–Trinajstić information content (AvgIpc) is 3.26. The highest BCUT2D eigenvalue weighted by atomic mass is 16.3. The van der Waals surface area contributed by atoms with Crippen LogP contribution in [0.2, 0.25) is 0 Å². The lowest BCUT2D eigenvalue weighted by molar-refractivity contribution is -0.116. The van der Waals surface area contributed by atoms with Crippen LogP contribution in [0, 0.1) is 0 Å². The van der Waals surface area contributed by atoms with E-state index in [9.17, 15) is 4.79 Å². The molecule has 3 rings (SSSR count). The average molecular weight is 313 g/mol. The van der Waals surface area contributed by atoms with Crippen molar-refractivity contribution in [1.29, 1.82) is 0 Å². The highest BCUT2D eigenvalue weighted by Gasteiger charge is 2.12. The molecule has 1 amide bonds. The Balaban J connectivity index is 1.39. The van der Waals surface area contributed by atoms with E-state index in [1.54, 1.807) is 6.26 Å². The SMILES string of the molecule is O=C(CCNCc1ccco1)Nc1ccc(N2CCCC2)cc1. The van der Waals surface area contributed by atoms with Gasteiger partial charge in [-0.1, -0.05) is 0 Å². The third kappa shape index (κ3) is 4.60. The van der Waals surface area contributed by atoms with Crippen LogP contribution in [-0.4, -0.2) is 25.5 Å². The summed E-state index contributed by atoms with van der Waals surface area (Å²) in [5.41, 5.74) is 2.09. The highest BCUT2D eigenvalue weighted by Crippen LogP contribution is 2.22. The predicted molar refractivity (Wildman–Crippen MR) is 91.6 cm³/mol. The van der Waals surface area contributed by atoms with Gasteiger partial charge < -0.3 is 20.0 Å². The largest absolute Gasteiger partial charge is 0.468 e. The molecule has 1 aliphatic heterocycles. The number of benzene rings is 1. The second-order valence-electron chi connectivity index (χ2n) is 5.80. The van der Waals surface area contributed by atoms with Crippen LogP contribution in [-0.2, 0) is 11.3 Å². The molecule has 5 nitrogen and oxygen atoms in total. The molecule has 0 atom stereocenters. The first-order valence-corrected chi connectivity index (χ1v) is 8.19. The van der Waals surface area contributed by atoms with Gasteiger partial charge in [0.05, 0.1) is 12.8 Å². The zero-order valence-corrected chi connectivity index (χ0v) is 13.3. The van der Waals surface area contributed by atoms with E-state index in [-0.39, 0.29) is 5.91 Å². The van der Waals surface area contributed by atoms with E-state index in [0.29, 0.717) is 19.5 Å². The van der Waals surface area contributed by atoms with Crippen LogP contribution < -0.4 is 15.5 Å². The van der Waals surface area contributed by atoms with Crippen molar-refractivity contribution >= 4 is 17.3 Å². The van der Waals surface area contributed by atoms with E-state index >= 15 is 0 Å². The van der Waals surface area contributed by atoms with Crippen LogP contribution >= 0.6 is 0 Å². The van der Waals surface area contributed by atoms with E-state index in [0.717, 1.165) is 24.5 Å². The summed E-state index contributed by atoms with van der Waals surface area (Å²) in [7, 11) is 0. The monoisotopic (exact) mass is 313 g/mol. The predicted octanol–water partition coefficient (Wildman–Crippen LogP) is 3.00. The Morgan fingerprint density at radius 3 is 2.61 bits per heavy atom. The number of nitrogens with zero attached hydrogens (tertiary/aromatic N) is 1. The first-order chi connectivity index (χ1) is 11.3. The van der Waals surface area contributed by atoms with Crippen molar-refractivity contribution in [2.75, 3.05) is 29.9 Å². The fourth-order valence-electron chi connectivity index (χ4n) is 2.78. The molecule has 1 saturated heterocycles. The van der Waals surface area contributed by atoms with Gasteiger partial charge in [0.25, 0.3) is 0 Å². The lowest BCUT2D eigenvalue weighted by Crippen LogP contribution is -2.21. The lowest BCUT2D eigenvalue weighted by Gasteiger charge is -2.17. The smallest absolute Gasteiger partial charge is 0.225 e. The minimum absolute atomic E-state index is 0.0193. The van der Waals surface area contributed by atoms with Crippen LogP contribution in [0.5, 0.6) is 0 Å². The second-order valence-corrected chi connectivity index (χ2v) is 5.80. The van der Waals surface area contributed by atoms with Crippen molar-refractivity contribution in [3.05, 3.63) is 48.4 Å². The van der Waals surface area contributed by atoms with Gasteiger partial charge in [0, 0.05) is 37.4 Å². The molecule has 2 aromatic rings. The molecule has 2 N–H and O–H groups in total.